The maximum absolute atomic E-state index is 13.0. The van der Waals surface area contributed by atoms with E-state index in [9.17, 15) is 4.79 Å². The lowest BCUT2D eigenvalue weighted by atomic mass is 9.92. The summed E-state index contributed by atoms with van der Waals surface area (Å²) in [6, 6.07) is 5.60. The van der Waals surface area contributed by atoms with Crippen LogP contribution in [0.1, 0.15) is 40.4 Å². The minimum Gasteiger partial charge on any atom is -0.496 e. The Morgan fingerprint density at radius 1 is 1.32 bits per heavy atom. The van der Waals surface area contributed by atoms with Crippen molar-refractivity contribution in [1.82, 2.24) is 25.1 Å². The molecule has 1 aromatic carbocycles. The smallest absolute Gasteiger partial charge is 0.253 e. The minimum atomic E-state index is 0.0562. The van der Waals surface area contributed by atoms with Gasteiger partial charge in [-0.25, -0.2) is 9.97 Å². The van der Waals surface area contributed by atoms with Crippen LogP contribution in [-0.2, 0) is 6.42 Å². The van der Waals surface area contributed by atoms with Crippen molar-refractivity contribution in [3.05, 3.63) is 60.1 Å². The molecule has 0 aliphatic carbocycles. The quantitative estimate of drug-likeness (QED) is 0.691. The van der Waals surface area contributed by atoms with Crippen molar-refractivity contribution in [3.63, 3.8) is 0 Å². The van der Waals surface area contributed by atoms with Gasteiger partial charge >= 0.3 is 0 Å². The lowest BCUT2D eigenvalue weighted by Gasteiger charge is -2.31. The van der Waals surface area contributed by atoms with Crippen LogP contribution >= 0.6 is 0 Å². The molecule has 1 fully saturated rings. The molecule has 1 amide bonds. The number of aromatic nitrogens is 4. The highest BCUT2D eigenvalue weighted by Crippen LogP contribution is 2.31. The first-order valence-corrected chi connectivity index (χ1v) is 9.43. The summed E-state index contributed by atoms with van der Waals surface area (Å²) < 4.78 is 5.38. The van der Waals surface area contributed by atoms with Gasteiger partial charge in [-0.2, -0.15) is 5.10 Å². The van der Waals surface area contributed by atoms with Gasteiger partial charge in [0.1, 0.15) is 11.3 Å². The number of rotatable bonds is 5. The van der Waals surface area contributed by atoms with E-state index in [1.165, 1.54) is 0 Å². The lowest BCUT2D eigenvalue weighted by molar-refractivity contribution is 0.0712. The van der Waals surface area contributed by atoms with Gasteiger partial charge in [-0.05, 0) is 43.0 Å². The number of hydrogen-bond acceptors (Lipinski definition) is 5. The standard InChI is InChI=1S/C21H23N5O2/c1-3-4-15-13-16(5-6-17(15)28-2)21(27)26-11-7-14(8-12-26)18-19-20(25-24-18)23-10-9-22-19/h3,5-6,9-10,13-14H,1,4,7-8,11-12H2,2H3,(H,23,24,25). The number of H-pyrrole nitrogens is 1. The second-order valence-electron chi connectivity index (χ2n) is 6.95. The van der Waals surface area contributed by atoms with E-state index in [-0.39, 0.29) is 5.91 Å². The SMILES string of the molecule is C=CCc1cc(C(=O)N2CCC(c3[nH]nc4nccnc34)CC2)ccc1OC. The maximum Gasteiger partial charge on any atom is 0.253 e. The van der Waals surface area contributed by atoms with Crippen LogP contribution in [0.5, 0.6) is 5.75 Å². The molecule has 7 heteroatoms. The van der Waals surface area contributed by atoms with E-state index in [0.717, 1.165) is 35.4 Å². The number of piperidine rings is 1. The summed E-state index contributed by atoms with van der Waals surface area (Å²) in [6.45, 7) is 5.18. The lowest BCUT2D eigenvalue weighted by Crippen LogP contribution is -2.38. The third-order valence-electron chi connectivity index (χ3n) is 5.30. The number of carbonyl (C=O) groups excluding carboxylic acids is 1. The minimum absolute atomic E-state index is 0.0562. The fourth-order valence-electron chi connectivity index (χ4n) is 3.83. The van der Waals surface area contributed by atoms with Crippen LogP contribution in [0, 0.1) is 0 Å². The first-order chi connectivity index (χ1) is 13.7. The summed E-state index contributed by atoms with van der Waals surface area (Å²) >= 11 is 0. The summed E-state index contributed by atoms with van der Waals surface area (Å²) in [5.41, 5.74) is 4.16. The van der Waals surface area contributed by atoms with Crippen LogP contribution in [0.3, 0.4) is 0 Å². The van der Waals surface area contributed by atoms with Gasteiger partial charge in [-0.15, -0.1) is 6.58 Å². The van der Waals surface area contributed by atoms with Gasteiger partial charge < -0.3 is 9.64 Å². The molecule has 1 saturated heterocycles. The molecule has 1 aliphatic heterocycles. The van der Waals surface area contributed by atoms with Crippen molar-refractivity contribution in [2.45, 2.75) is 25.2 Å². The zero-order chi connectivity index (χ0) is 19.5. The monoisotopic (exact) mass is 377 g/mol. The largest absolute Gasteiger partial charge is 0.496 e. The molecule has 3 heterocycles. The first-order valence-electron chi connectivity index (χ1n) is 9.43. The molecule has 28 heavy (non-hydrogen) atoms. The fourth-order valence-corrected chi connectivity index (χ4v) is 3.83. The summed E-state index contributed by atoms with van der Waals surface area (Å²) in [6.07, 6.45) is 7.55. The molecule has 7 nitrogen and oxygen atoms in total. The molecule has 0 spiro atoms. The highest BCUT2D eigenvalue weighted by atomic mass is 16.5. The maximum atomic E-state index is 13.0. The van der Waals surface area contributed by atoms with Gasteiger partial charge in [0.05, 0.1) is 12.8 Å². The number of fused-ring (bicyclic) bond motifs is 1. The Bertz CT molecular complexity index is 1000. The van der Waals surface area contributed by atoms with Crippen molar-refractivity contribution < 1.29 is 9.53 Å². The molecule has 2 aromatic heterocycles. The Morgan fingerprint density at radius 3 is 2.86 bits per heavy atom. The van der Waals surface area contributed by atoms with Gasteiger partial charge in [0, 0.05) is 37.0 Å². The molecule has 144 valence electrons. The van der Waals surface area contributed by atoms with Crippen LogP contribution in [0.2, 0.25) is 0 Å². The summed E-state index contributed by atoms with van der Waals surface area (Å²) in [4.78, 5) is 23.5. The molecular formula is C21H23N5O2. The molecule has 0 unspecified atom stereocenters. The number of nitrogens with one attached hydrogen (secondary N) is 1. The van der Waals surface area contributed by atoms with Crippen molar-refractivity contribution in [2.24, 2.45) is 0 Å². The number of allylic oxidation sites excluding steroid dienone is 1. The second kappa shape index (κ2) is 7.80. The predicted octanol–water partition coefficient (Wildman–Crippen LogP) is 3.11. The predicted molar refractivity (Wildman–Crippen MR) is 106 cm³/mol. The zero-order valence-electron chi connectivity index (χ0n) is 15.9. The van der Waals surface area contributed by atoms with Gasteiger partial charge in [0.2, 0.25) is 0 Å². The number of nitrogens with zero attached hydrogens (tertiary/aromatic N) is 4. The van der Waals surface area contributed by atoms with Crippen LogP contribution in [0.25, 0.3) is 11.2 Å². The second-order valence-corrected chi connectivity index (χ2v) is 6.95. The first kappa shape index (κ1) is 18.2. The normalized spacial score (nSPS) is 15.0. The van der Waals surface area contributed by atoms with Crippen molar-refractivity contribution in [3.8, 4) is 5.75 Å². The van der Waals surface area contributed by atoms with Gasteiger partial charge in [-0.1, -0.05) is 6.08 Å². The van der Waals surface area contributed by atoms with E-state index in [1.54, 1.807) is 19.5 Å². The van der Waals surface area contributed by atoms with Crippen LogP contribution in [0.4, 0.5) is 0 Å². The molecule has 0 radical (unpaired) electrons. The summed E-state index contributed by atoms with van der Waals surface area (Å²) in [5, 5.41) is 7.33. The van der Waals surface area contributed by atoms with Crippen LogP contribution in [-0.4, -0.2) is 51.2 Å². The zero-order valence-corrected chi connectivity index (χ0v) is 15.9. The van der Waals surface area contributed by atoms with Crippen LogP contribution in [0.15, 0.2) is 43.2 Å². The van der Waals surface area contributed by atoms with E-state index < -0.39 is 0 Å². The van der Waals surface area contributed by atoms with Gasteiger partial charge in [-0.3, -0.25) is 9.89 Å². The Labute approximate surface area is 163 Å². The third kappa shape index (κ3) is 3.35. The van der Waals surface area contributed by atoms with E-state index in [1.807, 2.05) is 29.2 Å². The molecule has 1 N–H and O–H groups in total. The number of ether oxygens (including phenoxy) is 1. The molecule has 4 rings (SSSR count). The van der Waals surface area contributed by atoms with E-state index >= 15 is 0 Å². The number of amides is 1. The Kier molecular flexibility index (Phi) is 5.06. The summed E-state index contributed by atoms with van der Waals surface area (Å²) in [7, 11) is 1.64. The molecule has 0 atom stereocenters. The summed E-state index contributed by atoms with van der Waals surface area (Å²) in [5.74, 6) is 1.14. The fraction of sp³-hybridized carbons (Fsp3) is 0.333. The van der Waals surface area contributed by atoms with Crippen molar-refractivity contribution in [2.75, 3.05) is 20.2 Å². The van der Waals surface area contributed by atoms with E-state index in [0.29, 0.717) is 36.6 Å². The molecular weight excluding hydrogens is 354 g/mol. The average molecular weight is 377 g/mol. The number of aromatic amines is 1. The van der Waals surface area contributed by atoms with Gasteiger partial charge in [0.25, 0.3) is 5.91 Å². The Balaban J connectivity index is 1.47. The molecule has 3 aromatic rings. The highest BCUT2D eigenvalue weighted by molar-refractivity contribution is 5.94. The molecule has 0 bridgehead atoms. The van der Waals surface area contributed by atoms with Gasteiger partial charge in [0.15, 0.2) is 5.65 Å². The number of benzene rings is 1. The highest BCUT2D eigenvalue weighted by Gasteiger charge is 2.27. The third-order valence-corrected chi connectivity index (χ3v) is 5.30. The van der Waals surface area contributed by atoms with E-state index in [4.69, 9.17) is 4.74 Å². The van der Waals surface area contributed by atoms with Crippen molar-refractivity contribution in [1.29, 1.82) is 0 Å². The Morgan fingerprint density at radius 2 is 2.11 bits per heavy atom. The van der Waals surface area contributed by atoms with E-state index in [2.05, 4.69) is 26.7 Å². The number of likely N-dealkylation sites (tertiary alicyclic amines) is 1. The topological polar surface area (TPSA) is 84.0 Å². The molecule has 1 aliphatic rings. The average Bonchev–Trinajstić information content (AvgIpc) is 3.18. The van der Waals surface area contributed by atoms with Crippen molar-refractivity contribution >= 4 is 17.1 Å². The number of carbonyl (C=O) groups is 1. The molecule has 0 saturated carbocycles. The number of methoxy groups -OCH3 is 1. The Hall–Kier alpha value is -3.22. The van der Waals surface area contributed by atoms with Crippen LogP contribution < -0.4 is 4.74 Å². The number of hydrogen-bond donors (Lipinski definition) is 1.